The molecule has 3 heterocycles. The van der Waals surface area contributed by atoms with E-state index >= 15 is 0 Å². The molecule has 3 rings (SSSR count). The molecule has 0 fully saturated rings. The Bertz CT molecular complexity index is 899. The van der Waals surface area contributed by atoms with Crippen LogP contribution in [0.2, 0.25) is 0 Å². The first-order valence-corrected chi connectivity index (χ1v) is 7.64. The highest BCUT2D eigenvalue weighted by Crippen LogP contribution is 2.21. The molecule has 0 aliphatic rings. The van der Waals surface area contributed by atoms with Gasteiger partial charge in [-0.1, -0.05) is 25.1 Å². The Kier molecular flexibility index (Phi) is 4.41. The van der Waals surface area contributed by atoms with Crippen molar-refractivity contribution in [3.8, 4) is 28.9 Å². The van der Waals surface area contributed by atoms with Gasteiger partial charge in [0.15, 0.2) is 0 Å². The smallest absolute Gasteiger partial charge is 0.276 e. The Morgan fingerprint density at radius 2 is 2.04 bits per heavy atom. The first-order valence-electron chi connectivity index (χ1n) is 7.64. The third-order valence-electron chi connectivity index (χ3n) is 3.42. The number of H-pyrrole nitrogens is 1. The van der Waals surface area contributed by atoms with E-state index in [9.17, 15) is 4.79 Å². The van der Waals surface area contributed by atoms with Crippen molar-refractivity contribution in [3.63, 3.8) is 0 Å². The van der Waals surface area contributed by atoms with Crippen LogP contribution >= 0.6 is 0 Å². The molecule has 0 saturated carbocycles. The van der Waals surface area contributed by atoms with Crippen LogP contribution in [0.25, 0.3) is 23.0 Å². The highest BCUT2D eigenvalue weighted by molar-refractivity contribution is 5.57. The summed E-state index contributed by atoms with van der Waals surface area (Å²) in [7, 11) is 1.53. The molecule has 0 amide bonds. The number of pyridine rings is 2. The first-order chi connectivity index (χ1) is 11.6. The van der Waals surface area contributed by atoms with Gasteiger partial charge in [-0.15, -0.1) is 0 Å². The van der Waals surface area contributed by atoms with Crippen molar-refractivity contribution in [2.24, 2.45) is 5.92 Å². The highest BCUT2D eigenvalue weighted by Gasteiger charge is 2.15. The number of hydrogen-bond acceptors (Lipinski definition) is 6. The Morgan fingerprint density at radius 1 is 1.21 bits per heavy atom. The summed E-state index contributed by atoms with van der Waals surface area (Å²) in [6.45, 7) is 4.19. The number of methoxy groups -OCH3 is 1. The van der Waals surface area contributed by atoms with Crippen LogP contribution in [0.4, 0.5) is 0 Å². The van der Waals surface area contributed by atoms with Crippen molar-refractivity contribution in [2.45, 2.75) is 20.3 Å². The van der Waals surface area contributed by atoms with E-state index in [0.29, 0.717) is 23.1 Å². The van der Waals surface area contributed by atoms with Crippen molar-refractivity contribution in [2.75, 3.05) is 7.11 Å². The summed E-state index contributed by atoms with van der Waals surface area (Å²) in [5.74, 6) is 1.37. The van der Waals surface area contributed by atoms with Gasteiger partial charge in [0.25, 0.3) is 11.4 Å². The molecule has 3 aromatic rings. The van der Waals surface area contributed by atoms with Gasteiger partial charge in [-0.2, -0.15) is 4.98 Å². The van der Waals surface area contributed by atoms with Crippen molar-refractivity contribution < 1.29 is 9.26 Å². The summed E-state index contributed by atoms with van der Waals surface area (Å²) in [5.41, 5.74) is 1.50. The summed E-state index contributed by atoms with van der Waals surface area (Å²) < 4.78 is 10.3. The van der Waals surface area contributed by atoms with Gasteiger partial charge >= 0.3 is 0 Å². The zero-order valence-corrected chi connectivity index (χ0v) is 13.7. The van der Waals surface area contributed by atoms with E-state index in [-0.39, 0.29) is 17.3 Å². The molecule has 0 atom stereocenters. The highest BCUT2D eigenvalue weighted by atomic mass is 16.5. The van der Waals surface area contributed by atoms with E-state index in [0.717, 1.165) is 12.1 Å². The van der Waals surface area contributed by atoms with Crippen LogP contribution in [-0.2, 0) is 6.42 Å². The lowest BCUT2D eigenvalue weighted by Crippen LogP contribution is -2.13. The zero-order valence-electron chi connectivity index (χ0n) is 13.7. The molecule has 0 radical (unpaired) electrons. The van der Waals surface area contributed by atoms with E-state index in [1.807, 2.05) is 6.07 Å². The summed E-state index contributed by atoms with van der Waals surface area (Å²) in [6.07, 6.45) is 0.806. The zero-order chi connectivity index (χ0) is 17.1. The molecule has 0 aromatic carbocycles. The van der Waals surface area contributed by atoms with Crippen molar-refractivity contribution in [1.29, 1.82) is 0 Å². The number of ether oxygens (including phenoxy) is 1. The normalized spacial score (nSPS) is 11.0. The number of nitrogens with zero attached hydrogens (tertiary/aromatic N) is 3. The topological polar surface area (TPSA) is 93.9 Å². The second kappa shape index (κ2) is 6.66. The van der Waals surface area contributed by atoms with E-state index in [1.165, 1.54) is 7.11 Å². The minimum Gasteiger partial charge on any atom is -0.481 e. The maximum atomic E-state index is 12.3. The molecule has 24 heavy (non-hydrogen) atoms. The Labute approximate surface area is 138 Å². The van der Waals surface area contributed by atoms with Crippen LogP contribution in [0.15, 0.2) is 39.6 Å². The number of nitrogens with one attached hydrogen (secondary N) is 1. The Balaban J connectivity index is 1.91. The monoisotopic (exact) mass is 326 g/mol. The molecule has 1 N–H and O–H groups in total. The second-order valence-electron chi connectivity index (χ2n) is 5.81. The van der Waals surface area contributed by atoms with Gasteiger partial charge in [0.2, 0.25) is 11.7 Å². The van der Waals surface area contributed by atoms with Gasteiger partial charge < -0.3 is 14.2 Å². The molecule has 7 heteroatoms. The largest absolute Gasteiger partial charge is 0.481 e. The molecule has 0 aliphatic carbocycles. The lowest BCUT2D eigenvalue weighted by atomic mass is 10.1. The average Bonchev–Trinajstić information content (AvgIpc) is 3.04. The predicted octanol–water partition coefficient (Wildman–Crippen LogP) is 2.69. The first kappa shape index (κ1) is 15.9. The van der Waals surface area contributed by atoms with Crippen LogP contribution < -0.4 is 10.3 Å². The van der Waals surface area contributed by atoms with Gasteiger partial charge in [0.05, 0.1) is 12.7 Å². The van der Waals surface area contributed by atoms with Crippen LogP contribution in [0, 0.1) is 5.92 Å². The lowest BCUT2D eigenvalue weighted by molar-refractivity contribution is 0.395. The second-order valence-corrected chi connectivity index (χ2v) is 5.81. The molecule has 0 bridgehead atoms. The van der Waals surface area contributed by atoms with Gasteiger partial charge in [-0.05, 0) is 30.5 Å². The summed E-state index contributed by atoms with van der Waals surface area (Å²) in [4.78, 5) is 23.6. The summed E-state index contributed by atoms with van der Waals surface area (Å²) >= 11 is 0. The molecule has 0 spiro atoms. The quantitative estimate of drug-likeness (QED) is 0.774. The van der Waals surface area contributed by atoms with Crippen molar-refractivity contribution >= 4 is 0 Å². The molecule has 7 nitrogen and oxygen atoms in total. The minimum atomic E-state index is -0.237. The van der Waals surface area contributed by atoms with Crippen LogP contribution in [0.5, 0.6) is 5.88 Å². The van der Waals surface area contributed by atoms with Gasteiger partial charge in [0, 0.05) is 11.8 Å². The third kappa shape index (κ3) is 3.34. The fourth-order valence-electron chi connectivity index (χ4n) is 2.33. The molecular weight excluding hydrogens is 308 g/mol. The van der Waals surface area contributed by atoms with Gasteiger partial charge in [-0.3, -0.25) is 4.79 Å². The lowest BCUT2D eigenvalue weighted by Gasteiger charge is -2.04. The van der Waals surface area contributed by atoms with Crippen LogP contribution in [0.3, 0.4) is 0 Å². The predicted molar refractivity (Wildman–Crippen MR) is 88.7 cm³/mol. The summed E-state index contributed by atoms with van der Waals surface area (Å²) in [5, 5.41) is 3.88. The van der Waals surface area contributed by atoms with Crippen molar-refractivity contribution in [3.05, 3.63) is 46.4 Å². The molecular formula is C17H18N4O3. The molecule has 0 saturated heterocycles. The fourth-order valence-corrected chi connectivity index (χ4v) is 2.33. The number of rotatable bonds is 5. The summed E-state index contributed by atoms with van der Waals surface area (Å²) in [6, 6.07) is 8.81. The van der Waals surface area contributed by atoms with Crippen LogP contribution in [0.1, 0.15) is 19.5 Å². The molecule has 0 unspecified atom stereocenters. The Morgan fingerprint density at radius 3 is 2.75 bits per heavy atom. The maximum absolute atomic E-state index is 12.3. The number of aromatic amines is 1. The fraction of sp³-hybridized carbons (Fsp3) is 0.294. The van der Waals surface area contributed by atoms with E-state index in [1.54, 1.807) is 24.3 Å². The SMILES string of the molecule is COc1cccc(-c2nc(-c3ccc(CC(C)C)[nH]c3=O)no2)n1. The average molecular weight is 326 g/mol. The third-order valence-corrected chi connectivity index (χ3v) is 3.42. The minimum absolute atomic E-state index is 0.229. The number of aromatic nitrogens is 4. The molecule has 124 valence electrons. The van der Waals surface area contributed by atoms with Gasteiger partial charge in [0.1, 0.15) is 5.69 Å². The Hall–Kier alpha value is -2.96. The van der Waals surface area contributed by atoms with Crippen LogP contribution in [-0.4, -0.2) is 27.2 Å². The maximum Gasteiger partial charge on any atom is 0.276 e. The van der Waals surface area contributed by atoms with E-state index in [4.69, 9.17) is 9.26 Å². The van der Waals surface area contributed by atoms with Gasteiger partial charge in [-0.25, -0.2) is 4.98 Å². The van der Waals surface area contributed by atoms with E-state index in [2.05, 4.69) is 34.0 Å². The molecule has 0 aliphatic heterocycles. The standard InChI is InChI=1S/C17H18N4O3/c1-10(2)9-11-7-8-12(16(22)18-11)15-20-17(24-21-15)13-5-4-6-14(19-13)23-3/h4-8,10H,9H2,1-3H3,(H,18,22). The van der Waals surface area contributed by atoms with Crippen molar-refractivity contribution in [1.82, 2.24) is 20.1 Å². The van der Waals surface area contributed by atoms with E-state index < -0.39 is 0 Å². The number of hydrogen-bond donors (Lipinski definition) is 1. The molecule has 3 aromatic heterocycles.